The van der Waals surface area contributed by atoms with Crippen LogP contribution in [0.25, 0.3) is 11.1 Å². The number of benzene rings is 2. The van der Waals surface area contributed by atoms with E-state index in [1.165, 1.54) is 11.1 Å². The van der Waals surface area contributed by atoms with Gasteiger partial charge in [0, 0.05) is 18.5 Å². The van der Waals surface area contributed by atoms with Crippen LogP contribution in [0.1, 0.15) is 56.1 Å². The van der Waals surface area contributed by atoms with Crippen LogP contribution in [0.5, 0.6) is 0 Å². The molecule has 7 nitrogen and oxygen atoms in total. The Balaban J connectivity index is 1.29. The van der Waals surface area contributed by atoms with Crippen molar-refractivity contribution >= 4 is 18.0 Å². The molecule has 2 aromatic rings. The fraction of sp³-hybridized carbons (Fsp3) is 0.444. The van der Waals surface area contributed by atoms with Crippen molar-refractivity contribution in [3.05, 3.63) is 59.7 Å². The minimum Gasteiger partial charge on any atom is -0.481 e. The summed E-state index contributed by atoms with van der Waals surface area (Å²) in [5, 5.41) is 14.9. The van der Waals surface area contributed by atoms with Crippen LogP contribution in [-0.4, -0.2) is 42.3 Å². The van der Waals surface area contributed by atoms with E-state index in [9.17, 15) is 14.4 Å². The molecule has 2 aromatic carbocycles. The van der Waals surface area contributed by atoms with Gasteiger partial charge in [0.25, 0.3) is 0 Å². The lowest BCUT2D eigenvalue weighted by molar-refractivity contribution is -0.141. The monoisotopic (exact) mass is 464 g/mol. The molecule has 2 aliphatic carbocycles. The Morgan fingerprint density at radius 3 is 2.26 bits per heavy atom. The molecule has 0 radical (unpaired) electrons. The van der Waals surface area contributed by atoms with Gasteiger partial charge in [0.15, 0.2) is 0 Å². The van der Waals surface area contributed by atoms with Gasteiger partial charge >= 0.3 is 12.1 Å². The summed E-state index contributed by atoms with van der Waals surface area (Å²) in [4.78, 5) is 36.4. The van der Waals surface area contributed by atoms with Crippen LogP contribution in [0.3, 0.4) is 0 Å². The summed E-state index contributed by atoms with van der Waals surface area (Å²) < 4.78 is 5.57. The highest BCUT2D eigenvalue weighted by Gasteiger charge is 2.32. The van der Waals surface area contributed by atoms with E-state index in [-0.39, 0.29) is 36.9 Å². The summed E-state index contributed by atoms with van der Waals surface area (Å²) in [6.07, 6.45) is 2.59. The number of carbonyl (C=O) groups excluding carboxylic acids is 2. The molecule has 34 heavy (non-hydrogen) atoms. The largest absolute Gasteiger partial charge is 0.481 e. The maximum absolute atomic E-state index is 12.8. The molecule has 0 spiro atoms. The summed E-state index contributed by atoms with van der Waals surface area (Å²) in [5.41, 5.74) is 4.64. The zero-order valence-corrected chi connectivity index (χ0v) is 19.5. The molecule has 4 rings (SSSR count). The molecular weight excluding hydrogens is 432 g/mol. The first kappa shape index (κ1) is 23.8. The number of aliphatic carboxylic acids is 1. The molecule has 3 unspecified atom stereocenters. The molecule has 7 heteroatoms. The van der Waals surface area contributed by atoms with Crippen LogP contribution < -0.4 is 10.6 Å². The van der Waals surface area contributed by atoms with Crippen molar-refractivity contribution in [2.45, 2.75) is 51.0 Å². The Hall–Kier alpha value is -3.35. The average molecular weight is 465 g/mol. The number of hydrogen-bond donors (Lipinski definition) is 3. The van der Waals surface area contributed by atoms with Gasteiger partial charge in [0.1, 0.15) is 6.61 Å². The lowest BCUT2D eigenvalue weighted by Gasteiger charge is -2.20. The molecule has 2 aliphatic rings. The molecule has 0 bridgehead atoms. The quantitative estimate of drug-likeness (QED) is 0.513. The van der Waals surface area contributed by atoms with E-state index in [4.69, 9.17) is 9.84 Å². The number of rotatable bonds is 9. The first-order valence-corrected chi connectivity index (χ1v) is 12.1. The maximum atomic E-state index is 12.8. The number of carbonyl (C=O) groups is 3. The molecule has 0 heterocycles. The smallest absolute Gasteiger partial charge is 0.407 e. The van der Waals surface area contributed by atoms with Crippen molar-refractivity contribution in [2.75, 3.05) is 13.2 Å². The van der Waals surface area contributed by atoms with Gasteiger partial charge in [-0.3, -0.25) is 9.59 Å². The fourth-order valence-electron chi connectivity index (χ4n) is 5.19. The van der Waals surface area contributed by atoms with E-state index in [1.54, 1.807) is 0 Å². The van der Waals surface area contributed by atoms with Crippen molar-refractivity contribution in [1.29, 1.82) is 0 Å². The highest BCUT2D eigenvalue weighted by molar-refractivity contribution is 5.81. The SMILES string of the molecule is CCCC(CNC(=O)OCC1c2ccccc2-c2ccccc21)C(=O)NC1CCC(C(=O)O)C1. The summed E-state index contributed by atoms with van der Waals surface area (Å²) in [5.74, 6) is -1.74. The maximum Gasteiger partial charge on any atom is 0.407 e. The normalized spacial score (nSPS) is 19.7. The number of ether oxygens (including phenoxy) is 1. The van der Waals surface area contributed by atoms with Gasteiger partial charge in [-0.2, -0.15) is 0 Å². The minimum atomic E-state index is -0.807. The molecule has 2 amide bonds. The molecule has 3 atom stereocenters. The second-order valence-electron chi connectivity index (χ2n) is 9.25. The molecule has 0 saturated heterocycles. The third-order valence-electron chi connectivity index (χ3n) is 6.97. The van der Waals surface area contributed by atoms with Crippen LogP contribution in [0.2, 0.25) is 0 Å². The number of nitrogens with one attached hydrogen (secondary N) is 2. The first-order chi connectivity index (χ1) is 16.5. The molecule has 1 fully saturated rings. The van der Waals surface area contributed by atoms with Gasteiger partial charge in [0.05, 0.1) is 11.8 Å². The molecular formula is C27H32N2O5. The van der Waals surface area contributed by atoms with Gasteiger partial charge in [-0.25, -0.2) is 4.79 Å². The van der Waals surface area contributed by atoms with Crippen LogP contribution in [0, 0.1) is 11.8 Å². The summed E-state index contributed by atoms with van der Waals surface area (Å²) in [6.45, 7) is 2.40. The lowest BCUT2D eigenvalue weighted by Crippen LogP contribution is -2.42. The van der Waals surface area contributed by atoms with Crippen LogP contribution in [0.15, 0.2) is 48.5 Å². The first-order valence-electron chi connectivity index (χ1n) is 12.1. The fourth-order valence-corrected chi connectivity index (χ4v) is 5.19. The number of carboxylic acid groups (broad SMARTS) is 1. The molecule has 3 N–H and O–H groups in total. The van der Waals surface area contributed by atoms with E-state index >= 15 is 0 Å². The Bertz CT molecular complexity index is 1010. The third-order valence-corrected chi connectivity index (χ3v) is 6.97. The van der Waals surface area contributed by atoms with Crippen molar-refractivity contribution < 1.29 is 24.2 Å². The summed E-state index contributed by atoms with van der Waals surface area (Å²) >= 11 is 0. The molecule has 180 valence electrons. The van der Waals surface area contributed by atoms with E-state index in [2.05, 4.69) is 34.9 Å². The zero-order valence-electron chi connectivity index (χ0n) is 19.5. The van der Waals surface area contributed by atoms with E-state index < -0.39 is 18.0 Å². The predicted molar refractivity (Wildman–Crippen MR) is 128 cm³/mol. The topological polar surface area (TPSA) is 105 Å². The van der Waals surface area contributed by atoms with E-state index in [0.717, 1.165) is 17.5 Å². The van der Waals surface area contributed by atoms with E-state index in [1.807, 2.05) is 31.2 Å². The standard InChI is InChI=1S/C27H32N2O5/c1-2-7-18(25(30)29-19-13-12-17(14-19)26(31)32)15-28-27(33)34-16-24-22-10-5-3-8-20(22)21-9-4-6-11-23(21)24/h3-6,8-11,17-19,24H,2,7,12-16H2,1H3,(H,28,33)(H,29,30)(H,31,32). The average Bonchev–Trinajstić information content (AvgIpc) is 3.43. The highest BCUT2D eigenvalue weighted by atomic mass is 16.5. The van der Waals surface area contributed by atoms with Crippen LogP contribution in [-0.2, 0) is 14.3 Å². The summed E-state index contributed by atoms with van der Waals surface area (Å²) in [6, 6.07) is 16.2. The highest BCUT2D eigenvalue weighted by Crippen LogP contribution is 2.44. The van der Waals surface area contributed by atoms with Crippen molar-refractivity contribution in [1.82, 2.24) is 10.6 Å². The lowest BCUT2D eigenvalue weighted by atomic mass is 9.98. The molecule has 0 aromatic heterocycles. The number of alkyl carbamates (subject to hydrolysis) is 1. The van der Waals surface area contributed by atoms with E-state index in [0.29, 0.717) is 25.7 Å². The second-order valence-corrected chi connectivity index (χ2v) is 9.25. The number of carboxylic acids is 1. The molecule has 0 aliphatic heterocycles. The van der Waals surface area contributed by atoms with Gasteiger partial charge in [-0.15, -0.1) is 0 Å². The number of amides is 2. The second kappa shape index (κ2) is 10.7. The minimum absolute atomic E-state index is 0.0163. The van der Waals surface area contributed by atoms with Crippen molar-refractivity contribution in [3.8, 4) is 11.1 Å². The van der Waals surface area contributed by atoms with Crippen molar-refractivity contribution in [3.63, 3.8) is 0 Å². The number of fused-ring (bicyclic) bond motifs is 3. The Labute approximate surface area is 199 Å². The Morgan fingerprint density at radius 1 is 1.03 bits per heavy atom. The Morgan fingerprint density at radius 2 is 1.68 bits per heavy atom. The van der Waals surface area contributed by atoms with Crippen LogP contribution >= 0.6 is 0 Å². The van der Waals surface area contributed by atoms with Crippen LogP contribution in [0.4, 0.5) is 4.79 Å². The van der Waals surface area contributed by atoms with Gasteiger partial charge < -0.3 is 20.5 Å². The molecule has 1 saturated carbocycles. The zero-order chi connectivity index (χ0) is 24.1. The van der Waals surface area contributed by atoms with Gasteiger partial charge in [0.2, 0.25) is 5.91 Å². The number of hydrogen-bond acceptors (Lipinski definition) is 4. The predicted octanol–water partition coefficient (Wildman–Crippen LogP) is 4.31. The third kappa shape index (κ3) is 5.24. The van der Waals surface area contributed by atoms with Gasteiger partial charge in [-0.05, 0) is 47.9 Å². The summed E-state index contributed by atoms with van der Waals surface area (Å²) in [7, 11) is 0. The Kier molecular flexibility index (Phi) is 7.50. The van der Waals surface area contributed by atoms with Gasteiger partial charge in [-0.1, -0.05) is 61.9 Å². The van der Waals surface area contributed by atoms with Crippen molar-refractivity contribution in [2.24, 2.45) is 11.8 Å².